The number of rotatable bonds is 4. The number of anilines is 3. The number of carbonyl (C=O) groups is 2. The summed E-state index contributed by atoms with van der Waals surface area (Å²) in [4.78, 5) is 28.9. The summed E-state index contributed by atoms with van der Waals surface area (Å²) in [6.45, 7) is 0. The van der Waals surface area contributed by atoms with Crippen LogP contribution >= 0.6 is 22.9 Å². The van der Waals surface area contributed by atoms with Crippen molar-refractivity contribution in [2.24, 2.45) is 0 Å². The molecule has 1 heterocycles. The van der Waals surface area contributed by atoms with Crippen molar-refractivity contribution < 1.29 is 9.59 Å². The highest BCUT2D eigenvalue weighted by atomic mass is 35.5. The Kier molecular flexibility index (Phi) is 5.41. The van der Waals surface area contributed by atoms with Crippen LogP contribution in [0.2, 0.25) is 5.02 Å². The molecule has 0 bridgehead atoms. The number of amides is 3. The van der Waals surface area contributed by atoms with E-state index in [0.717, 1.165) is 4.70 Å². The zero-order valence-electron chi connectivity index (χ0n) is 15.0. The molecule has 3 aromatic carbocycles. The number of para-hydroxylation sites is 1. The molecule has 0 unspecified atom stereocenters. The third kappa shape index (κ3) is 4.53. The standard InChI is InChI=1S/C21H15ClN4O2S/c22-15-8-4-5-9-16(15)24-20(28)23-14-10-11-18-17(12-14)25-21(29-18)26-19(27)13-6-2-1-3-7-13/h1-12H,(H2,23,24,28)(H,25,26,27). The van der Waals surface area contributed by atoms with Gasteiger partial charge in [-0.1, -0.05) is 53.3 Å². The van der Waals surface area contributed by atoms with Crippen LogP contribution in [-0.2, 0) is 0 Å². The maximum atomic E-state index is 12.3. The van der Waals surface area contributed by atoms with Crippen molar-refractivity contribution >= 4 is 61.6 Å². The maximum absolute atomic E-state index is 12.3. The second-order valence-electron chi connectivity index (χ2n) is 6.08. The molecule has 1 aromatic heterocycles. The van der Waals surface area contributed by atoms with Gasteiger partial charge in [-0.3, -0.25) is 10.1 Å². The monoisotopic (exact) mass is 422 g/mol. The van der Waals surface area contributed by atoms with Gasteiger partial charge in [0.25, 0.3) is 5.91 Å². The number of carbonyl (C=O) groups excluding carboxylic acids is 2. The number of hydrogen-bond donors (Lipinski definition) is 3. The van der Waals surface area contributed by atoms with Gasteiger partial charge in [0.1, 0.15) is 0 Å². The van der Waals surface area contributed by atoms with Crippen LogP contribution in [0.4, 0.5) is 21.3 Å². The number of nitrogens with one attached hydrogen (secondary N) is 3. The molecule has 0 aliphatic rings. The first-order valence-electron chi connectivity index (χ1n) is 8.68. The first-order chi connectivity index (χ1) is 14.1. The Bertz CT molecular complexity index is 1190. The Morgan fingerprint density at radius 1 is 0.862 bits per heavy atom. The fourth-order valence-electron chi connectivity index (χ4n) is 2.66. The van der Waals surface area contributed by atoms with Crippen LogP contribution in [-0.4, -0.2) is 16.9 Å². The highest BCUT2D eigenvalue weighted by Crippen LogP contribution is 2.28. The van der Waals surface area contributed by atoms with E-state index in [4.69, 9.17) is 11.6 Å². The van der Waals surface area contributed by atoms with Gasteiger partial charge in [0, 0.05) is 11.3 Å². The normalized spacial score (nSPS) is 10.5. The van der Waals surface area contributed by atoms with Crippen molar-refractivity contribution in [2.75, 3.05) is 16.0 Å². The maximum Gasteiger partial charge on any atom is 0.323 e. The molecule has 0 atom stereocenters. The van der Waals surface area contributed by atoms with Crippen LogP contribution in [0.5, 0.6) is 0 Å². The number of thiazole rings is 1. The van der Waals surface area contributed by atoms with Gasteiger partial charge in [-0.2, -0.15) is 0 Å². The van der Waals surface area contributed by atoms with Crippen LogP contribution in [0.25, 0.3) is 10.2 Å². The topological polar surface area (TPSA) is 83.1 Å². The molecule has 4 aromatic rings. The Morgan fingerprint density at radius 3 is 2.41 bits per heavy atom. The van der Waals surface area contributed by atoms with Crippen molar-refractivity contribution in [2.45, 2.75) is 0 Å². The largest absolute Gasteiger partial charge is 0.323 e. The molecule has 0 saturated heterocycles. The van der Waals surface area contributed by atoms with E-state index in [1.54, 1.807) is 60.7 Å². The molecule has 29 heavy (non-hydrogen) atoms. The number of urea groups is 1. The van der Waals surface area contributed by atoms with E-state index in [0.29, 0.717) is 32.6 Å². The second-order valence-corrected chi connectivity index (χ2v) is 7.52. The van der Waals surface area contributed by atoms with Crippen LogP contribution in [0, 0.1) is 0 Å². The Labute approximate surface area is 175 Å². The quantitative estimate of drug-likeness (QED) is 0.386. The SMILES string of the molecule is O=C(Nc1ccc2sc(NC(=O)c3ccccc3)nc2c1)Nc1ccccc1Cl. The lowest BCUT2D eigenvalue weighted by Crippen LogP contribution is -2.19. The number of hydrogen-bond acceptors (Lipinski definition) is 4. The van der Waals surface area contributed by atoms with Crippen molar-refractivity contribution in [3.8, 4) is 0 Å². The molecule has 3 N–H and O–H groups in total. The first-order valence-corrected chi connectivity index (χ1v) is 9.87. The minimum absolute atomic E-state index is 0.220. The number of halogens is 1. The lowest BCUT2D eigenvalue weighted by Gasteiger charge is -2.08. The van der Waals surface area contributed by atoms with Gasteiger partial charge in [-0.15, -0.1) is 0 Å². The Balaban J connectivity index is 1.46. The van der Waals surface area contributed by atoms with E-state index < -0.39 is 6.03 Å². The number of fused-ring (bicyclic) bond motifs is 1. The highest BCUT2D eigenvalue weighted by Gasteiger charge is 2.11. The average molecular weight is 423 g/mol. The van der Waals surface area contributed by atoms with E-state index in [2.05, 4.69) is 20.9 Å². The number of benzene rings is 3. The molecule has 0 spiro atoms. The summed E-state index contributed by atoms with van der Waals surface area (Å²) in [5.74, 6) is -0.220. The minimum atomic E-state index is -0.412. The summed E-state index contributed by atoms with van der Waals surface area (Å²) in [5.41, 5.74) is 2.33. The van der Waals surface area contributed by atoms with Gasteiger partial charge >= 0.3 is 6.03 Å². The molecule has 4 rings (SSSR count). The molecular formula is C21H15ClN4O2S. The Hall–Kier alpha value is -3.42. The summed E-state index contributed by atoms with van der Waals surface area (Å²) < 4.78 is 0.894. The second kappa shape index (κ2) is 8.30. The predicted octanol–water partition coefficient (Wildman–Crippen LogP) is 5.85. The Morgan fingerprint density at radius 2 is 1.62 bits per heavy atom. The van der Waals surface area contributed by atoms with E-state index >= 15 is 0 Å². The molecule has 144 valence electrons. The molecule has 8 heteroatoms. The van der Waals surface area contributed by atoms with E-state index in [-0.39, 0.29) is 5.91 Å². The molecule has 3 amide bonds. The van der Waals surface area contributed by atoms with Crippen molar-refractivity contribution in [3.63, 3.8) is 0 Å². The number of nitrogens with zero attached hydrogens (tertiary/aromatic N) is 1. The van der Waals surface area contributed by atoms with E-state index in [1.807, 2.05) is 12.1 Å². The summed E-state index contributed by atoms with van der Waals surface area (Å²) in [5, 5.41) is 9.20. The first kappa shape index (κ1) is 18.9. The molecule has 0 saturated carbocycles. The van der Waals surface area contributed by atoms with Gasteiger partial charge in [0.2, 0.25) is 0 Å². The van der Waals surface area contributed by atoms with Crippen molar-refractivity contribution in [1.29, 1.82) is 0 Å². The molecule has 0 fully saturated rings. The van der Waals surface area contributed by atoms with Gasteiger partial charge in [-0.05, 0) is 42.5 Å². The molecule has 6 nitrogen and oxygen atoms in total. The van der Waals surface area contributed by atoms with Crippen molar-refractivity contribution in [3.05, 3.63) is 83.4 Å². The smallest absolute Gasteiger partial charge is 0.308 e. The van der Waals surface area contributed by atoms with Crippen LogP contribution in [0.1, 0.15) is 10.4 Å². The summed E-state index contributed by atoms with van der Waals surface area (Å²) in [6.07, 6.45) is 0. The van der Waals surface area contributed by atoms with Gasteiger partial charge in [0.15, 0.2) is 5.13 Å². The average Bonchev–Trinajstić information content (AvgIpc) is 3.12. The van der Waals surface area contributed by atoms with Gasteiger partial charge < -0.3 is 10.6 Å². The van der Waals surface area contributed by atoms with E-state index in [1.165, 1.54) is 11.3 Å². The van der Waals surface area contributed by atoms with Crippen LogP contribution < -0.4 is 16.0 Å². The summed E-state index contributed by atoms with van der Waals surface area (Å²) in [7, 11) is 0. The van der Waals surface area contributed by atoms with Crippen LogP contribution in [0.3, 0.4) is 0 Å². The zero-order valence-corrected chi connectivity index (χ0v) is 16.6. The fraction of sp³-hybridized carbons (Fsp3) is 0. The molecular weight excluding hydrogens is 408 g/mol. The number of aromatic nitrogens is 1. The predicted molar refractivity (Wildman–Crippen MR) is 118 cm³/mol. The molecule has 0 aliphatic carbocycles. The fourth-order valence-corrected chi connectivity index (χ4v) is 3.69. The van der Waals surface area contributed by atoms with Crippen molar-refractivity contribution in [1.82, 2.24) is 4.98 Å². The third-order valence-electron chi connectivity index (χ3n) is 4.02. The molecule has 0 aliphatic heterocycles. The third-order valence-corrected chi connectivity index (χ3v) is 5.31. The minimum Gasteiger partial charge on any atom is -0.308 e. The lowest BCUT2D eigenvalue weighted by atomic mass is 10.2. The van der Waals surface area contributed by atoms with Crippen LogP contribution in [0.15, 0.2) is 72.8 Å². The zero-order chi connectivity index (χ0) is 20.2. The lowest BCUT2D eigenvalue weighted by molar-refractivity contribution is 0.102. The van der Waals surface area contributed by atoms with Gasteiger partial charge in [-0.25, -0.2) is 9.78 Å². The summed E-state index contributed by atoms with van der Waals surface area (Å²) in [6, 6.07) is 20.9. The van der Waals surface area contributed by atoms with E-state index in [9.17, 15) is 9.59 Å². The molecule has 0 radical (unpaired) electrons. The summed E-state index contributed by atoms with van der Waals surface area (Å²) >= 11 is 7.42. The van der Waals surface area contributed by atoms with Gasteiger partial charge in [0.05, 0.1) is 20.9 Å². The highest BCUT2D eigenvalue weighted by molar-refractivity contribution is 7.22.